The maximum Gasteiger partial charge on any atom is 0.421 e. The predicted octanol–water partition coefficient (Wildman–Crippen LogP) is 1.86. The number of aromatic nitrogens is 1. The van der Waals surface area contributed by atoms with Gasteiger partial charge < -0.3 is 15.2 Å². The normalized spacial score (nSPS) is 11.2. The molecule has 2 rings (SSSR count). The standard InChI is InChI=1S/C18H17F4N3O3/c1-11-4-5-12(9-14(11)19)16(27)24-7-6-23-15(26)10-25-8-2-3-13(17(25)28)18(20,21)22/h2-5,8-9H,6-7,10H2,1H3,(H,23,26)(H,24,27). The minimum atomic E-state index is -4.81. The number of amides is 2. The summed E-state index contributed by atoms with van der Waals surface area (Å²) in [6.45, 7) is 0.951. The Kier molecular flexibility index (Phi) is 6.55. The van der Waals surface area contributed by atoms with Crippen LogP contribution in [0.3, 0.4) is 0 Å². The van der Waals surface area contributed by atoms with E-state index in [9.17, 15) is 31.9 Å². The van der Waals surface area contributed by atoms with E-state index in [1.54, 1.807) is 6.92 Å². The van der Waals surface area contributed by atoms with E-state index in [-0.39, 0.29) is 18.7 Å². The molecule has 0 aliphatic heterocycles. The molecule has 0 bridgehead atoms. The summed E-state index contributed by atoms with van der Waals surface area (Å²) < 4.78 is 52.2. The molecule has 10 heteroatoms. The monoisotopic (exact) mass is 399 g/mol. The van der Waals surface area contributed by atoms with E-state index in [1.807, 2.05) is 0 Å². The summed E-state index contributed by atoms with van der Waals surface area (Å²) in [7, 11) is 0. The highest BCUT2D eigenvalue weighted by molar-refractivity contribution is 5.94. The molecule has 0 fully saturated rings. The SMILES string of the molecule is Cc1ccc(C(=O)NCCNC(=O)Cn2cccc(C(F)(F)F)c2=O)cc1F. The number of hydrogen-bond acceptors (Lipinski definition) is 3. The van der Waals surface area contributed by atoms with Crippen molar-refractivity contribution in [1.29, 1.82) is 0 Å². The summed E-state index contributed by atoms with van der Waals surface area (Å²) in [6.07, 6.45) is -3.73. The van der Waals surface area contributed by atoms with E-state index in [1.165, 1.54) is 12.1 Å². The Balaban J connectivity index is 1.84. The van der Waals surface area contributed by atoms with Gasteiger partial charge in [0.25, 0.3) is 11.5 Å². The number of nitrogens with one attached hydrogen (secondary N) is 2. The lowest BCUT2D eigenvalue weighted by Crippen LogP contribution is -2.38. The third-order valence-electron chi connectivity index (χ3n) is 3.81. The van der Waals surface area contributed by atoms with Crippen LogP contribution in [-0.4, -0.2) is 29.5 Å². The minimum Gasteiger partial charge on any atom is -0.353 e. The highest BCUT2D eigenvalue weighted by Gasteiger charge is 2.34. The van der Waals surface area contributed by atoms with Crippen LogP contribution in [0.2, 0.25) is 0 Å². The molecular formula is C18H17F4N3O3. The van der Waals surface area contributed by atoms with Gasteiger partial charge in [0.1, 0.15) is 17.9 Å². The van der Waals surface area contributed by atoms with Gasteiger partial charge in [-0.1, -0.05) is 6.07 Å². The minimum absolute atomic E-state index is 0.0115. The summed E-state index contributed by atoms with van der Waals surface area (Å²) in [5.74, 6) is -1.76. The number of benzene rings is 1. The van der Waals surface area contributed by atoms with Gasteiger partial charge in [-0.05, 0) is 36.8 Å². The van der Waals surface area contributed by atoms with Crippen LogP contribution in [0.4, 0.5) is 17.6 Å². The van der Waals surface area contributed by atoms with Gasteiger partial charge in [-0.15, -0.1) is 0 Å². The molecule has 0 saturated heterocycles. The van der Waals surface area contributed by atoms with Crippen LogP contribution in [0.15, 0.2) is 41.3 Å². The number of carbonyl (C=O) groups excluding carboxylic acids is 2. The average Bonchev–Trinajstić information content (AvgIpc) is 2.61. The Morgan fingerprint density at radius 2 is 1.79 bits per heavy atom. The first kappa shape index (κ1) is 21.1. The van der Waals surface area contributed by atoms with Crippen molar-refractivity contribution in [1.82, 2.24) is 15.2 Å². The van der Waals surface area contributed by atoms with Crippen molar-refractivity contribution >= 4 is 11.8 Å². The molecule has 1 aromatic carbocycles. The summed E-state index contributed by atoms with van der Waals surface area (Å²) in [6, 6.07) is 5.66. The largest absolute Gasteiger partial charge is 0.421 e. The van der Waals surface area contributed by atoms with Gasteiger partial charge in [-0.25, -0.2) is 4.39 Å². The van der Waals surface area contributed by atoms with Crippen molar-refractivity contribution < 1.29 is 27.2 Å². The van der Waals surface area contributed by atoms with Gasteiger partial charge in [-0.2, -0.15) is 13.2 Å². The second-order valence-corrected chi connectivity index (χ2v) is 5.92. The first-order valence-corrected chi connectivity index (χ1v) is 8.17. The van der Waals surface area contributed by atoms with Crippen LogP contribution in [0.25, 0.3) is 0 Å². The highest BCUT2D eigenvalue weighted by atomic mass is 19.4. The van der Waals surface area contributed by atoms with E-state index in [0.717, 1.165) is 18.3 Å². The van der Waals surface area contributed by atoms with Crippen LogP contribution in [0.1, 0.15) is 21.5 Å². The molecule has 0 saturated carbocycles. The number of halogens is 4. The molecule has 2 N–H and O–H groups in total. The first-order valence-electron chi connectivity index (χ1n) is 8.17. The summed E-state index contributed by atoms with van der Waals surface area (Å²) >= 11 is 0. The molecule has 28 heavy (non-hydrogen) atoms. The zero-order chi connectivity index (χ0) is 20.9. The lowest BCUT2D eigenvalue weighted by atomic mass is 10.1. The van der Waals surface area contributed by atoms with Gasteiger partial charge in [0.2, 0.25) is 5.91 Å². The number of nitrogens with zero attached hydrogens (tertiary/aromatic N) is 1. The summed E-state index contributed by atoms with van der Waals surface area (Å²) in [4.78, 5) is 35.4. The lowest BCUT2D eigenvalue weighted by Gasteiger charge is -2.11. The number of carbonyl (C=O) groups is 2. The van der Waals surface area contributed by atoms with Crippen molar-refractivity contribution in [3.8, 4) is 0 Å². The van der Waals surface area contributed by atoms with Gasteiger partial charge in [0.05, 0.1) is 0 Å². The highest BCUT2D eigenvalue weighted by Crippen LogP contribution is 2.25. The maximum atomic E-state index is 13.4. The van der Waals surface area contributed by atoms with E-state index in [2.05, 4.69) is 10.6 Å². The van der Waals surface area contributed by atoms with Crippen molar-refractivity contribution in [2.75, 3.05) is 13.1 Å². The van der Waals surface area contributed by atoms with Gasteiger partial charge in [0, 0.05) is 24.8 Å². The van der Waals surface area contributed by atoms with E-state index < -0.39 is 41.5 Å². The van der Waals surface area contributed by atoms with Crippen LogP contribution in [-0.2, 0) is 17.5 Å². The summed E-state index contributed by atoms with van der Waals surface area (Å²) in [5, 5.41) is 4.84. The number of hydrogen-bond donors (Lipinski definition) is 2. The zero-order valence-electron chi connectivity index (χ0n) is 14.8. The molecule has 0 radical (unpaired) electrons. The van der Waals surface area contributed by atoms with Crippen LogP contribution in [0, 0.1) is 12.7 Å². The predicted molar refractivity (Wildman–Crippen MR) is 92.2 cm³/mol. The molecule has 0 spiro atoms. The number of pyridine rings is 1. The Hall–Kier alpha value is -3.17. The summed E-state index contributed by atoms with van der Waals surface area (Å²) in [5.41, 5.74) is -2.17. The van der Waals surface area contributed by atoms with Crippen molar-refractivity contribution in [3.05, 3.63) is 69.4 Å². The third kappa shape index (κ3) is 5.41. The van der Waals surface area contributed by atoms with Crippen LogP contribution in [0.5, 0.6) is 0 Å². The maximum absolute atomic E-state index is 13.4. The number of aryl methyl sites for hydroxylation is 1. The molecular weight excluding hydrogens is 382 g/mol. The zero-order valence-corrected chi connectivity index (χ0v) is 14.8. The number of rotatable bonds is 6. The topological polar surface area (TPSA) is 80.2 Å². The van der Waals surface area contributed by atoms with E-state index in [0.29, 0.717) is 16.2 Å². The second-order valence-electron chi connectivity index (χ2n) is 5.92. The third-order valence-corrected chi connectivity index (χ3v) is 3.81. The van der Waals surface area contributed by atoms with E-state index in [4.69, 9.17) is 0 Å². The van der Waals surface area contributed by atoms with Crippen molar-refractivity contribution in [3.63, 3.8) is 0 Å². The fraction of sp³-hybridized carbons (Fsp3) is 0.278. The van der Waals surface area contributed by atoms with Gasteiger partial charge >= 0.3 is 6.18 Å². The smallest absolute Gasteiger partial charge is 0.353 e. The van der Waals surface area contributed by atoms with Gasteiger partial charge in [0.15, 0.2) is 0 Å². The molecule has 0 aliphatic carbocycles. The molecule has 0 unspecified atom stereocenters. The van der Waals surface area contributed by atoms with Crippen molar-refractivity contribution in [2.45, 2.75) is 19.6 Å². The molecule has 1 heterocycles. The van der Waals surface area contributed by atoms with Crippen LogP contribution < -0.4 is 16.2 Å². The molecule has 2 aromatic rings. The fourth-order valence-electron chi connectivity index (χ4n) is 2.30. The Morgan fingerprint density at radius 1 is 1.11 bits per heavy atom. The Bertz CT molecular complexity index is 938. The quantitative estimate of drug-likeness (QED) is 0.575. The van der Waals surface area contributed by atoms with E-state index >= 15 is 0 Å². The molecule has 6 nitrogen and oxygen atoms in total. The first-order chi connectivity index (χ1) is 13.1. The molecule has 0 aliphatic rings. The molecule has 2 amide bonds. The molecule has 0 atom stereocenters. The van der Waals surface area contributed by atoms with Gasteiger partial charge in [-0.3, -0.25) is 14.4 Å². The average molecular weight is 399 g/mol. The number of alkyl halides is 3. The lowest BCUT2D eigenvalue weighted by molar-refractivity contribution is -0.139. The Morgan fingerprint density at radius 3 is 2.43 bits per heavy atom. The van der Waals surface area contributed by atoms with Crippen LogP contribution >= 0.6 is 0 Å². The molecule has 1 aromatic heterocycles. The fourth-order valence-corrected chi connectivity index (χ4v) is 2.30. The second kappa shape index (κ2) is 8.68. The Labute approximate surface area is 157 Å². The molecule has 150 valence electrons. The van der Waals surface area contributed by atoms with Crippen molar-refractivity contribution in [2.24, 2.45) is 0 Å².